The smallest absolute Gasteiger partial charge is 0.231 e. The molecule has 4 aromatic rings. The predicted octanol–water partition coefficient (Wildman–Crippen LogP) is 3.99. The summed E-state index contributed by atoms with van der Waals surface area (Å²) in [5.41, 5.74) is 3.47. The zero-order valence-corrected chi connectivity index (χ0v) is 18.5. The number of nitrogens with one attached hydrogen (secondary N) is 2. The highest BCUT2D eigenvalue weighted by molar-refractivity contribution is 5.73. The summed E-state index contributed by atoms with van der Waals surface area (Å²) in [7, 11) is 3.43. The maximum absolute atomic E-state index is 13.4. The molecule has 9 nitrogen and oxygen atoms in total. The molecule has 0 aliphatic carbocycles. The fourth-order valence-electron chi connectivity index (χ4n) is 3.91. The summed E-state index contributed by atoms with van der Waals surface area (Å²) in [4.78, 5) is 20.2. The molecule has 0 radical (unpaired) electrons. The maximum atomic E-state index is 13.4. The summed E-state index contributed by atoms with van der Waals surface area (Å²) >= 11 is 0. The number of hydrogen-bond acceptors (Lipinski definition) is 8. The van der Waals surface area contributed by atoms with Crippen molar-refractivity contribution in [1.82, 2.24) is 24.5 Å². The van der Waals surface area contributed by atoms with E-state index in [0.717, 1.165) is 41.5 Å². The molecule has 10 heteroatoms. The molecule has 2 N–H and O–H groups in total. The van der Waals surface area contributed by atoms with Crippen molar-refractivity contribution in [2.24, 2.45) is 0 Å². The Hall–Kier alpha value is -4.21. The second kappa shape index (κ2) is 8.38. The van der Waals surface area contributed by atoms with Crippen LogP contribution in [0.15, 0.2) is 49.1 Å². The Labute approximate surface area is 190 Å². The molecule has 1 aliphatic rings. The van der Waals surface area contributed by atoms with Crippen LogP contribution >= 0.6 is 0 Å². The third-order valence-corrected chi connectivity index (χ3v) is 5.47. The molecule has 0 amide bonds. The van der Waals surface area contributed by atoms with Gasteiger partial charge >= 0.3 is 0 Å². The van der Waals surface area contributed by atoms with E-state index in [4.69, 9.17) is 9.72 Å². The highest BCUT2D eigenvalue weighted by Crippen LogP contribution is 2.37. The number of halogens is 1. The van der Waals surface area contributed by atoms with E-state index in [1.807, 2.05) is 30.8 Å². The Balaban J connectivity index is 1.48. The lowest BCUT2D eigenvalue weighted by Crippen LogP contribution is -2.15. The van der Waals surface area contributed by atoms with Crippen LogP contribution in [0.4, 0.5) is 33.3 Å². The average molecular weight is 446 g/mol. The van der Waals surface area contributed by atoms with Crippen LogP contribution in [0, 0.1) is 12.7 Å². The molecular formula is C23H23FN8O. The Morgan fingerprint density at radius 1 is 1.09 bits per heavy atom. The highest BCUT2D eigenvalue weighted by atomic mass is 19.1. The molecule has 0 saturated carbocycles. The molecule has 5 rings (SSSR count). The summed E-state index contributed by atoms with van der Waals surface area (Å²) in [6, 6.07) is 8.25. The molecule has 0 bridgehead atoms. The van der Waals surface area contributed by atoms with Gasteiger partial charge in [0.05, 0.1) is 24.7 Å². The van der Waals surface area contributed by atoms with E-state index in [0.29, 0.717) is 23.2 Å². The Morgan fingerprint density at radius 3 is 2.61 bits per heavy atom. The Morgan fingerprint density at radius 2 is 1.91 bits per heavy atom. The quantitative estimate of drug-likeness (QED) is 0.459. The molecule has 168 valence electrons. The molecule has 0 unspecified atom stereocenters. The topological polar surface area (TPSA) is 93.0 Å². The van der Waals surface area contributed by atoms with Crippen LogP contribution in [0.1, 0.15) is 11.3 Å². The summed E-state index contributed by atoms with van der Waals surface area (Å²) in [5, 5.41) is 6.39. The number of ether oxygens (including phenoxy) is 1. The van der Waals surface area contributed by atoms with E-state index in [1.54, 1.807) is 31.8 Å². The number of hydrogen-bond donors (Lipinski definition) is 2. The monoisotopic (exact) mass is 446 g/mol. The number of pyridine rings is 1. The van der Waals surface area contributed by atoms with Gasteiger partial charge in [-0.1, -0.05) is 0 Å². The summed E-state index contributed by atoms with van der Waals surface area (Å²) in [6.07, 6.45) is 6.06. The number of methoxy groups -OCH3 is 1. The SMILES string of the molecule is CNc1nc(Nc2cnc(-n3cnc(C)c3)c(OC)c2)nc2c1CCN2c1ccc(F)cc1. The van der Waals surface area contributed by atoms with Crippen LogP contribution in [-0.4, -0.2) is 45.2 Å². The standard InChI is InChI=1S/C23H23FN8O/c1-14-12-31(13-27-14)22-19(33-3)10-16(11-26-22)28-23-29-20(25-2)18-8-9-32(21(18)30-23)17-6-4-15(24)5-7-17/h4-7,10-13H,8-9H2,1-3H3,(H2,25,28,29,30). The summed E-state index contributed by atoms with van der Waals surface area (Å²) in [6.45, 7) is 2.65. The van der Waals surface area contributed by atoms with Crippen molar-refractivity contribution in [1.29, 1.82) is 0 Å². The lowest BCUT2D eigenvalue weighted by molar-refractivity contribution is 0.411. The third kappa shape index (κ3) is 3.91. The molecule has 4 heterocycles. The van der Waals surface area contributed by atoms with Crippen molar-refractivity contribution in [3.05, 3.63) is 66.1 Å². The number of aryl methyl sites for hydroxylation is 1. The van der Waals surface area contributed by atoms with E-state index >= 15 is 0 Å². The average Bonchev–Trinajstić information content (AvgIpc) is 3.45. The van der Waals surface area contributed by atoms with Gasteiger partial charge in [-0.3, -0.25) is 4.57 Å². The van der Waals surface area contributed by atoms with Crippen LogP contribution in [0.25, 0.3) is 5.82 Å². The van der Waals surface area contributed by atoms with Crippen molar-refractivity contribution in [2.75, 3.05) is 36.2 Å². The van der Waals surface area contributed by atoms with E-state index < -0.39 is 0 Å². The zero-order valence-electron chi connectivity index (χ0n) is 18.5. The van der Waals surface area contributed by atoms with Gasteiger partial charge in [-0.25, -0.2) is 14.4 Å². The molecule has 0 atom stereocenters. The van der Waals surface area contributed by atoms with Gasteiger partial charge in [-0.05, 0) is 37.6 Å². The van der Waals surface area contributed by atoms with Crippen molar-refractivity contribution in [3.63, 3.8) is 0 Å². The van der Waals surface area contributed by atoms with E-state index in [2.05, 4.69) is 30.5 Å². The number of anilines is 5. The maximum Gasteiger partial charge on any atom is 0.231 e. The number of rotatable bonds is 6. The van der Waals surface area contributed by atoms with E-state index in [1.165, 1.54) is 12.1 Å². The van der Waals surface area contributed by atoms with Crippen LogP contribution in [0.5, 0.6) is 5.75 Å². The van der Waals surface area contributed by atoms with Gasteiger partial charge in [0.2, 0.25) is 5.95 Å². The van der Waals surface area contributed by atoms with Gasteiger partial charge in [0, 0.05) is 37.1 Å². The van der Waals surface area contributed by atoms with Crippen molar-refractivity contribution < 1.29 is 9.13 Å². The van der Waals surface area contributed by atoms with Crippen LogP contribution in [0.3, 0.4) is 0 Å². The normalized spacial score (nSPS) is 12.5. The first kappa shape index (κ1) is 20.7. The summed E-state index contributed by atoms with van der Waals surface area (Å²) in [5.74, 6) is 2.90. The molecule has 0 spiro atoms. The minimum atomic E-state index is -0.269. The Bertz CT molecular complexity index is 1300. The lowest BCUT2D eigenvalue weighted by atomic mass is 10.2. The number of aromatic nitrogens is 5. The minimum absolute atomic E-state index is 0.269. The largest absolute Gasteiger partial charge is 0.493 e. The van der Waals surface area contributed by atoms with Crippen molar-refractivity contribution >= 4 is 29.0 Å². The molecular weight excluding hydrogens is 423 g/mol. The van der Waals surface area contributed by atoms with Crippen LogP contribution < -0.4 is 20.3 Å². The first-order valence-electron chi connectivity index (χ1n) is 10.5. The first-order chi connectivity index (χ1) is 16.1. The molecule has 3 aromatic heterocycles. The van der Waals surface area contributed by atoms with E-state index in [9.17, 15) is 4.39 Å². The number of imidazole rings is 1. The zero-order chi connectivity index (χ0) is 22.9. The lowest BCUT2D eigenvalue weighted by Gasteiger charge is -2.19. The van der Waals surface area contributed by atoms with Gasteiger partial charge in [-0.2, -0.15) is 9.97 Å². The molecule has 0 fully saturated rings. The highest BCUT2D eigenvalue weighted by Gasteiger charge is 2.26. The molecule has 1 aliphatic heterocycles. The van der Waals surface area contributed by atoms with Gasteiger partial charge in [-0.15, -0.1) is 0 Å². The van der Waals surface area contributed by atoms with Gasteiger partial charge in [0.25, 0.3) is 0 Å². The van der Waals surface area contributed by atoms with Crippen molar-refractivity contribution in [2.45, 2.75) is 13.3 Å². The van der Waals surface area contributed by atoms with Gasteiger partial charge < -0.3 is 20.3 Å². The first-order valence-corrected chi connectivity index (χ1v) is 10.5. The third-order valence-electron chi connectivity index (χ3n) is 5.47. The number of nitrogens with zero attached hydrogens (tertiary/aromatic N) is 6. The van der Waals surface area contributed by atoms with Gasteiger partial charge in [0.1, 0.15) is 23.8 Å². The van der Waals surface area contributed by atoms with Crippen LogP contribution in [-0.2, 0) is 6.42 Å². The minimum Gasteiger partial charge on any atom is -0.493 e. The predicted molar refractivity (Wildman–Crippen MR) is 125 cm³/mol. The fraction of sp³-hybridized carbons (Fsp3) is 0.217. The number of fused-ring (bicyclic) bond motifs is 1. The summed E-state index contributed by atoms with van der Waals surface area (Å²) < 4.78 is 20.8. The van der Waals surface area contributed by atoms with Crippen LogP contribution in [0.2, 0.25) is 0 Å². The molecule has 0 saturated heterocycles. The second-order valence-electron chi connectivity index (χ2n) is 7.62. The Kier molecular flexibility index (Phi) is 5.25. The van der Waals surface area contributed by atoms with Crippen molar-refractivity contribution in [3.8, 4) is 11.6 Å². The second-order valence-corrected chi connectivity index (χ2v) is 7.62. The molecule has 33 heavy (non-hydrogen) atoms. The molecule has 1 aromatic carbocycles. The van der Waals surface area contributed by atoms with E-state index in [-0.39, 0.29) is 5.82 Å². The number of benzene rings is 1. The fourth-order valence-corrected chi connectivity index (χ4v) is 3.91. The van der Waals surface area contributed by atoms with Gasteiger partial charge in [0.15, 0.2) is 11.6 Å².